The second kappa shape index (κ2) is 5.08. The third kappa shape index (κ3) is 2.79. The number of halogens is 3. The van der Waals surface area contributed by atoms with E-state index >= 15 is 0 Å². The molecule has 1 aromatic rings. The number of carbonyl (C=O) groups excluding carboxylic acids is 1. The summed E-state index contributed by atoms with van der Waals surface area (Å²) in [5.74, 6) is -0.706. The minimum Gasteiger partial charge on any atom is -0.436 e. The van der Waals surface area contributed by atoms with Crippen LogP contribution < -0.4 is 5.73 Å². The van der Waals surface area contributed by atoms with Crippen molar-refractivity contribution in [2.75, 3.05) is 6.54 Å². The molecule has 2 N–H and O–H groups in total. The Labute approximate surface area is 113 Å². The maximum atomic E-state index is 13.0. The Morgan fingerprint density at radius 2 is 2.05 bits per heavy atom. The van der Waals surface area contributed by atoms with E-state index in [4.69, 9.17) is 10.2 Å². The normalized spacial score (nSPS) is 24.0. The van der Waals surface area contributed by atoms with Crippen LogP contribution in [-0.2, 0) is 0 Å². The highest BCUT2D eigenvalue weighted by Crippen LogP contribution is 2.32. The first-order valence-electron chi connectivity index (χ1n) is 6.27. The van der Waals surface area contributed by atoms with Crippen LogP contribution in [0.4, 0.5) is 13.2 Å². The lowest BCUT2D eigenvalue weighted by molar-refractivity contribution is -0.184. The van der Waals surface area contributed by atoms with Crippen molar-refractivity contribution in [3.8, 4) is 0 Å². The van der Waals surface area contributed by atoms with Gasteiger partial charge in [-0.3, -0.25) is 4.79 Å². The van der Waals surface area contributed by atoms with Crippen LogP contribution in [0.25, 0.3) is 0 Å². The van der Waals surface area contributed by atoms with Crippen molar-refractivity contribution in [2.45, 2.75) is 44.9 Å². The monoisotopic (exact) mass is 291 g/mol. The molecular weight excluding hydrogens is 275 g/mol. The number of rotatable bonds is 1. The molecule has 0 saturated carbocycles. The van der Waals surface area contributed by atoms with Gasteiger partial charge in [0.2, 0.25) is 5.76 Å². The summed E-state index contributed by atoms with van der Waals surface area (Å²) >= 11 is 0. The minimum absolute atomic E-state index is 0.137. The molecule has 1 amide bonds. The average Bonchev–Trinajstić information content (AvgIpc) is 2.65. The van der Waals surface area contributed by atoms with Gasteiger partial charge in [-0.15, -0.1) is 0 Å². The van der Waals surface area contributed by atoms with E-state index in [0.29, 0.717) is 0 Å². The van der Waals surface area contributed by atoms with Gasteiger partial charge in [0.1, 0.15) is 6.04 Å². The maximum Gasteiger partial charge on any atom is 0.408 e. The largest absolute Gasteiger partial charge is 0.436 e. The lowest BCUT2D eigenvalue weighted by Crippen LogP contribution is -2.56. The molecule has 2 atom stereocenters. The van der Waals surface area contributed by atoms with Crippen LogP contribution in [0.5, 0.6) is 0 Å². The second-order valence-corrected chi connectivity index (χ2v) is 5.00. The van der Waals surface area contributed by atoms with E-state index in [-0.39, 0.29) is 36.7 Å². The standard InChI is InChI=1S/C12H16F3N3O2/c1-6-10(20-7(2)17-6)11(19)18-5-8(16)3-4-9(18)12(13,14)15/h8-9H,3-5,16H2,1-2H3. The molecule has 1 aromatic heterocycles. The maximum absolute atomic E-state index is 13.0. The molecule has 1 aliphatic heterocycles. The zero-order chi connectivity index (χ0) is 15.1. The van der Waals surface area contributed by atoms with Crippen LogP contribution in [-0.4, -0.2) is 40.6 Å². The van der Waals surface area contributed by atoms with Gasteiger partial charge >= 0.3 is 6.18 Å². The van der Waals surface area contributed by atoms with Crippen molar-refractivity contribution in [1.82, 2.24) is 9.88 Å². The van der Waals surface area contributed by atoms with Crippen LogP contribution >= 0.6 is 0 Å². The van der Waals surface area contributed by atoms with E-state index in [0.717, 1.165) is 4.90 Å². The molecule has 1 fully saturated rings. The van der Waals surface area contributed by atoms with Gasteiger partial charge in [0.15, 0.2) is 5.89 Å². The number of alkyl halides is 3. The molecule has 0 aliphatic carbocycles. The number of oxazole rings is 1. The number of aromatic nitrogens is 1. The lowest BCUT2D eigenvalue weighted by atomic mass is 9.98. The molecule has 1 aliphatic rings. The van der Waals surface area contributed by atoms with E-state index in [1.54, 1.807) is 0 Å². The summed E-state index contributed by atoms with van der Waals surface area (Å²) in [6.45, 7) is 2.92. The fourth-order valence-electron chi connectivity index (χ4n) is 2.42. The number of nitrogens with two attached hydrogens (primary N) is 1. The van der Waals surface area contributed by atoms with E-state index in [1.807, 2.05) is 0 Å². The molecule has 1 saturated heterocycles. The summed E-state index contributed by atoms with van der Waals surface area (Å²) in [5, 5.41) is 0. The van der Waals surface area contributed by atoms with E-state index in [1.165, 1.54) is 13.8 Å². The first-order valence-corrected chi connectivity index (χ1v) is 6.27. The number of nitrogens with zero attached hydrogens (tertiary/aromatic N) is 2. The quantitative estimate of drug-likeness (QED) is 0.856. The number of aryl methyl sites for hydroxylation is 2. The third-order valence-electron chi connectivity index (χ3n) is 3.35. The Morgan fingerprint density at radius 1 is 1.40 bits per heavy atom. The van der Waals surface area contributed by atoms with Crippen molar-refractivity contribution < 1.29 is 22.4 Å². The first-order chi connectivity index (χ1) is 9.20. The zero-order valence-corrected chi connectivity index (χ0v) is 11.2. The number of carbonyl (C=O) groups is 1. The average molecular weight is 291 g/mol. The summed E-state index contributed by atoms with van der Waals surface area (Å²) < 4.78 is 44.2. The van der Waals surface area contributed by atoms with Crippen molar-refractivity contribution in [3.05, 3.63) is 17.3 Å². The lowest BCUT2D eigenvalue weighted by Gasteiger charge is -2.38. The molecule has 8 heteroatoms. The van der Waals surface area contributed by atoms with Crippen molar-refractivity contribution in [1.29, 1.82) is 0 Å². The highest BCUT2D eigenvalue weighted by Gasteiger charge is 2.48. The summed E-state index contributed by atoms with van der Waals surface area (Å²) in [4.78, 5) is 16.9. The summed E-state index contributed by atoms with van der Waals surface area (Å²) in [5.41, 5.74) is 5.97. The zero-order valence-electron chi connectivity index (χ0n) is 11.2. The number of hydrogen-bond acceptors (Lipinski definition) is 4. The Hall–Kier alpha value is -1.57. The molecule has 2 heterocycles. The fraction of sp³-hybridized carbons (Fsp3) is 0.667. The van der Waals surface area contributed by atoms with Gasteiger partial charge in [-0.05, 0) is 19.8 Å². The smallest absolute Gasteiger partial charge is 0.408 e. The molecule has 5 nitrogen and oxygen atoms in total. The fourth-order valence-corrected chi connectivity index (χ4v) is 2.42. The molecule has 112 valence electrons. The summed E-state index contributed by atoms with van der Waals surface area (Å²) in [6, 6.07) is -2.28. The molecular formula is C12H16F3N3O2. The predicted molar refractivity (Wildman–Crippen MR) is 64.1 cm³/mol. The van der Waals surface area contributed by atoms with Gasteiger partial charge in [0.25, 0.3) is 5.91 Å². The van der Waals surface area contributed by atoms with Crippen LogP contribution in [0.2, 0.25) is 0 Å². The topological polar surface area (TPSA) is 72.4 Å². The van der Waals surface area contributed by atoms with Gasteiger partial charge in [0.05, 0.1) is 5.69 Å². The highest BCUT2D eigenvalue weighted by atomic mass is 19.4. The highest BCUT2D eigenvalue weighted by molar-refractivity contribution is 5.92. The van der Waals surface area contributed by atoms with Crippen LogP contribution in [0, 0.1) is 13.8 Å². The van der Waals surface area contributed by atoms with Crippen LogP contribution in [0.1, 0.15) is 35.0 Å². The van der Waals surface area contributed by atoms with E-state index in [2.05, 4.69) is 4.98 Å². The van der Waals surface area contributed by atoms with E-state index < -0.39 is 24.2 Å². The Bertz CT molecular complexity index is 513. The van der Waals surface area contributed by atoms with Crippen LogP contribution in [0.3, 0.4) is 0 Å². The predicted octanol–water partition coefficient (Wildman–Crippen LogP) is 1.79. The molecule has 2 unspecified atom stereocenters. The molecule has 0 radical (unpaired) electrons. The van der Waals surface area contributed by atoms with Crippen molar-refractivity contribution >= 4 is 5.91 Å². The first kappa shape index (κ1) is 14.8. The van der Waals surface area contributed by atoms with Crippen LogP contribution in [0.15, 0.2) is 4.42 Å². The molecule has 0 bridgehead atoms. The third-order valence-corrected chi connectivity index (χ3v) is 3.35. The molecule has 0 spiro atoms. The van der Waals surface area contributed by atoms with Gasteiger partial charge in [-0.2, -0.15) is 13.2 Å². The number of amides is 1. The number of piperidine rings is 1. The van der Waals surface area contributed by atoms with E-state index in [9.17, 15) is 18.0 Å². The molecule has 2 rings (SSSR count). The Balaban J connectivity index is 2.31. The Kier molecular flexibility index (Phi) is 3.77. The van der Waals surface area contributed by atoms with Crippen molar-refractivity contribution in [3.63, 3.8) is 0 Å². The van der Waals surface area contributed by atoms with Gasteiger partial charge in [-0.25, -0.2) is 4.98 Å². The van der Waals surface area contributed by atoms with Gasteiger partial charge in [-0.1, -0.05) is 0 Å². The Morgan fingerprint density at radius 3 is 2.55 bits per heavy atom. The number of likely N-dealkylation sites (tertiary alicyclic amines) is 1. The SMILES string of the molecule is Cc1nc(C)c(C(=O)N2CC(N)CCC2C(F)(F)F)o1. The second-order valence-electron chi connectivity index (χ2n) is 5.00. The van der Waals surface area contributed by atoms with Crippen molar-refractivity contribution in [2.24, 2.45) is 5.73 Å². The molecule has 0 aromatic carbocycles. The summed E-state index contributed by atoms with van der Waals surface area (Å²) in [6.07, 6.45) is -4.43. The number of hydrogen-bond donors (Lipinski definition) is 1. The summed E-state index contributed by atoms with van der Waals surface area (Å²) in [7, 11) is 0. The van der Waals surface area contributed by atoms with Gasteiger partial charge < -0.3 is 15.1 Å². The van der Waals surface area contributed by atoms with Gasteiger partial charge in [0, 0.05) is 19.5 Å². The minimum atomic E-state index is -4.47. The molecule has 20 heavy (non-hydrogen) atoms.